The molecular weight excluding hydrogens is 318 g/mol. The standard InChI is InChI=1S/C19H25N3O3/c23-13-18-12-20-15-22(18)11-8-16-6-9-21(10-7-16)19(24)25-14-17-4-2-1-3-5-17/h1-5,12,15-16,23H,6-11,13-14H2. The Bertz CT molecular complexity index is 664. The van der Waals surface area contributed by atoms with Gasteiger partial charge in [-0.2, -0.15) is 0 Å². The molecule has 1 saturated heterocycles. The number of benzene rings is 1. The molecule has 1 fully saturated rings. The number of ether oxygens (including phenoxy) is 1. The molecule has 1 N–H and O–H groups in total. The largest absolute Gasteiger partial charge is 0.445 e. The number of piperidine rings is 1. The third-order valence-electron chi connectivity index (χ3n) is 4.82. The summed E-state index contributed by atoms with van der Waals surface area (Å²) in [7, 11) is 0. The van der Waals surface area contributed by atoms with Crippen molar-refractivity contribution in [3.8, 4) is 0 Å². The van der Waals surface area contributed by atoms with Crippen LogP contribution in [0.5, 0.6) is 0 Å². The highest BCUT2D eigenvalue weighted by atomic mass is 16.6. The van der Waals surface area contributed by atoms with E-state index in [9.17, 15) is 9.90 Å². The topological polar surface area (TPSA) is 67.6 Å². The Morgan fingerprint density at radius 2 is 2.00 bits per heavy atom. The maximum absolute atomic E-state index is 12.2. The lowest BCUT2D eigenvalue weighted by molar-refractivity contribution is 0.0810. The van der Waals surface area contributed by atoms with Crippen molar-refractivity contribution in [3.05, 3.63) is 54.1 Å². The Balaban J connectivity index is 1.38. The van der Waals surface area contributed by atoms with Gasteiger partial charge in [-0.05, 0) is 30.7 Å². The minimum atomic E-state index is -0.223. The molecule has 134 valence electrons. The van der Waals surface area contributed by atoms with Crippen molar-refractivity contribution < 1.29 is 14.6 Å². The van der Waals surface area contributed by atoms with Crippen molar-refractivity contribution in [3.63, 3.8) is 0 Å². The molecule has 0 saturated carbocycles. The lowest BCUT2D eigenvalue weighted by Gasteiger charge is -2.31. The minimum absolute atomic E-state index is 0.0195. The van der Waals surface area contributed by atoms with E-state index in [1.807, 2.05) is 34.9 Å². The summed E-state index contributed by atoms with van der Waals surface area (Å²) in [6, 6.07) is 9.74. The fourth-order valence-corrected chi connectivity index (χ4v) is 3.22. The van der Waals surface area contributed by atoms with Crippen LogP contribution in [0.4, 0.5) is 4.79 Å². The molecule has 0 spiro atoms. The summed E-state index contributed by atoms with van der Waals surface area (Å²) in [5.41, 5.74) is 1.85. The first-order valence-electron chi connectivity index (χ1n) is 8.81. The Morgan fingerprint density at radius 1 is 1.24 bits per heavy atom. The number of imidazole rings is 1. The van der Waals surface area contributed by atoms with E-state index in [-0.39, 0.29) is 12.7 Å². The second-order valence-electron chi connectivity index (χ2n) is 6.50. The van der Waals surface area contributed by atoms with Gasteiger partial charge in [0.2, 0.25) is 0 Å². The van der Waals surface area contributed by atoms with Crippen LogP contribution < -0.4 is 0 Å². The Hall–Kier alpha value is -2.34. The number of amides is 1. The van der Waals surface area contributed by atoms with Gasteiger partial charge in [-0.15, -0.1) is 0 Å². The van der Waals surface area contributed by atoms with Gasteiger partial charge in [0, 0.05) is 19.6 Å². The Morgan fingerprint density at radius 3 is 2.72 bits per heavy atom. The molecule has 0 radical (unpaired) electrons. The summed E-state index contributed by atoms with van der Waals surface area (Å²) in [6.07, 6.45) is 6.26. The molecule has 0 bridgehead atoms. The molecule has 1 aromatic carbocycles. The molecule has 1 aliphatic heterocycles. The predicted octanol–water partition coefficient (Wildman–Crippen LogP) is 2.81. The number of aliphatic hydroxyl groups is 1. The molecule has 2 heterocycles. The van der Waals surface area contributed by atoms with Crippen LogP contribution in [0.1, 0.15) is 30.5 Å². The van der Waals surface area contributed by atoms with Crippen LogP contribution in [0.3, 0.4) is 0 Å². The molecular formula is C19H25N3O3. The van der Waals surface area contributed by atoms with E-state index in [0.29, 0.717) is 12.5 Å². The number of carbonyl (C=O) groups is 1. The normalized spacial score (nSPS) is 15.3. The fraction of sp³-hybridized carbons (Fsp3) is 0.474. The number of aliphatic hydroxyl groups excluding tert-OH is 1. The second-order valence-corrected chi connectivity index (χ2v) is 6.50. The van der Waals surface area contributed by atoms with Gasteiger partial charge in [0.25, 0.3) is 0 Å². The zero-order valence-electron chi connectivity index (χ0n) is 14.4. The Labute approximate surface area is 148 Å². The first-order valence-corrected chi connectivity index (χ1v) is 8.81. The maximum atomic E-state index is 12.2. The SMILES string of the molecule is O=C(OCc1ccccc1)N1CCC(CCn2cncc2CO)CC1. The van der Waals surface area contributed by atoms with Crippen LogP contribution in [-0.4, -0.2) is 38.7 Å². The number of carbonyl (C=O) groups excluding carboxylic acids is 1. The zero-order valence-corrected chi connectivity index (χ0v) is 14.4. The van der Waals surface area contributed by atoms with E-state index in [4.69, 9.17) is 4.74 Å². The van der Waals surface area contributed by atoms with E-state index in [0.717, 1.165) is 50.2 Å². The van der Waals surface area contributed by atoms with Crippen LogP contribution >= 0.6 is 0 Å². The minimum Gasteiger partial charge on any atom is -0.445 e. The molecule has 3 rings (SSSR count). The summed E-state index contributed by atoms with van der Waals surface area (Å²) in [5, 5.41) is 9.25. The first kappa shape index (κ1) is 17.5. The van der Waals surface area contributed by atoms with Gasteiger partial charge >= 0.3 is 6.09 Å². The van der Waals surface area contributed by atoms with Crippen molar-refractivity contribution in [2.24, 2.45) is 5.92 Å². The van der Waals surface area contributed by atoms with Crippen molar-refractivity contribution in [2.45, 2.75) is 39.0 Å². The number of rotatable bonds is 6. The van der Waals surface area contributed by atoms with E-state index in [1.165, 1.54) is 0 Å². The Kier molecular flexibility index (Phi) is 6.06. The summed E-state index contributed by atoms with van der Waals surface area (Å²) >= 11 is 0. The van der Waals surface area contributed by atoms with Crippen molar-refractivity contribution in [1.82, 2.24) is 14.5 Å². The number of likely N-dealkylation sites (tertiary alicyclic amines) is 1. The molecule has 1 aliphatic rings. The van der Waals surface area contributed by atoms with Gasteiger partial charge in [-0.3, -0.25) is 0 Å². The summed E-state index contributed by atoms with van der Waals surface area (Å²) in [5.74, 6) is 0.590. The third-order valence-corrected chi connectivity index (χ3v) is 4.82. The summed E-state index contributed by atoms with van der Waals surface area (Å²) in [6.45, 7) is 2.69. The maximum Gasteiger partial charge on any atom is 0.410 e. The van der Waals surface area contributed by atoms with Crippen LogP contribution in [0.15, 0.2) is 42.9 Å². The third kappa shape index (κ3) is 4.82. The van der Waals surface area contributed by atoms with Gasteiger partial charge in [0.1, 0.15) is 6.61 Å². The van der Waals surface area contributed by atoms with Gasteiger partial charge < -0.3 is 19.3 Å². The van der Waals surface area contributed by atoms with Crippen LogP contribution in [-0.2, 0) is 24.5 Å². The van der Waals surface area contributed by atoms with E-state index in [2.05, 4.69) is 4.98 Å². The average Bonchev–Trinajstić information content (AvgIpc) is 3.13. The zero-order chi connectivity index (χ0) is 17.5. The number of hydrogen-bond donors (Lipinski definition) is 1. The van der Waals surface area contributed by atoms with E-state index in [1.54, 1.807) is 17.4 Å². The molecule has 6 nitrogen and oxygen atoms in total. The number of aromatic nitrogens is 2. The second kappa shape index (κ2) is 8.67. The smallest absolute Gasteiger partial charge is 0.410 e. The highest BCUT2D eigenvalue weighted by Gasteiger charge is 2.23. The lowest BCUT2D eigenvalue weighted by atomic mass is 9.94. The summed E-state index contributed by atoms with van der Waals surface area (Å²) in [4.78, 5) is 18.0. The quantitative estimate of drug-likeness (QED) is 0.876. The number of hydrogen-bond acceptors (Lipinski definition) is 4. The van der Waals surface area contributed by atoms with Crippen molar-refractivity contribution in [2.75, 3.05) is 13.1 Å². The van der Waals surface area contributed by atoms with Crippen LogP contribution in [0, 0.1) is 5.92 Å². The fourth-order valence-electron chi connectivity index (χ4n) is 3.22. The molecule has 6 heteroatoms. The van der Waals surface area contributed by atoms with Crippen molar-refractivity contribution in [1.29, 1.82) is 0 Å². The molecule has 1 aromatic heterocycles. The van der Waals surface area contributed by atoms with E-state index >= 15 is 0 Å². The molecule has 1 amide bonds. The highest BCUT2D eigenvalue weighted by molar-refractivity contribution is 5.67. The number of nitrogens with zero attached hydrogens (tertiary/aromatic N) is 3. The molecule has 2 aromatic rings. The molecule has 0 atom stereocenters. The molecule has 0 aliphatic carbocycles. The van der Waals surface area contributed by atoms with Gasteiger partial charge in [-0.25, -0.2) is 9.78 Å². The summed E-state index contributed by atoms with van der Waals surface area (Å²) < 4.78 is 7.40. The van der Waals surface area contributed by atoms with Crippen molar-refractivity contribution >= 4 is 6.09 Å². The average molecular weight is 343 g/mol. The highest BCUT2D eigenvalue weighted by Crippen LogP contribution is 2.22. The molecule has 25 heavy (non-hydrogen) atoms. The molecule has 0 unspecified atom stereocenters. The predicted molar refractivity (Wildman–Crippen MR) is 93.7 cm³/mol. The van der Waals surface area contributed by atoms with Gasteiger partial charge in [0.15, 0.2) is 0 Å². The van der Waals surface area contributed by atoms with Crippen LogP contribution in [0.25, 0.3) is 0 Å². The monoisotopic (exact) mass is 343 g/mol. The van der Waals surface area contributed by atoms with Crippen LogP contribution in [0.2, 0.25) is 0 Å². The van der Waals surface area contributed by atoms with Gasteiger partial charge in [0.05, 0.1) is 24.8 Å². The van der Waals surface area contributed by atoms with Gasteiger partial charge in [-0.1, -0.05) is 30.3 Å². The van der Waals surface area contributed by atoms with E-state index < -0.39 is 0 Å². The number of aryl methyl sites for hydroxylation is 1. The lowest BCUT2D eigenvalue weighted by Crippen LogP contribution is -2.39. The first-order chi connectivity index (χ1) is 12.3.